The number of hydrogen-bond acceptors (Lipinski definition) is 7. The molecule has 0 saturated heterocycles. The van der Waals surface area contributed by atoms with Gasteiger partial charge in [0.1, 0.15) is 11.9 Å². The van der Waals surface area contributed by atoms with Crippen molar-refractivity contribution in [1.82, 2.24) is 10.3 Å². The number of anilines is 2. The summed E-state index contributed by atoms with van der Waals surface area (Å²) in [6.07, 6.45) is 3.50. The lowest BCUT2D eigenvalue weighted by atomic mass is 10.1. The second kappa shape index (κ2) is 12.6. The first-order valence-electron chi connectivity index (χ1n) is 11.1. The lowest BCUT2D eigenvalue weighted by molar-refractivity contribution is 0.0940. The molecule has 35 heavy (non-hydrogen) atoms. The van der Waals surface area contributed by atoms with Gasteiger partial charge in [0.25, 0.3) is 0 Å². The third kappa shape index (κ3) is 7.50. The zero-order chi connectivity index (χ0) is 25.0. The van der Waals surface area contributed by atoms with Crippen LogP contribution in [0.4, 0.5) is 21.0 Å². The van der Waals surface area contributed by atoms with Gasteiger partial charge in [-0.05, 0) is 36.2 Å². The first kappa shape index (κ1) is 25.1. The summed E-state index contributed by atoms with van der Waals surface area (Å²) in [5, 5.41) is 17.0. The number of carbonyl (C=O) groups excluding carboxylic acids is 2. The summed E-state index contributed by atoms with van der Waals surface area (Å²) in [7, 11) is 1.53. The molecule has 0 aliphatic rings. The van der Waals surface area contributed by atoms with Crippen LogP contribution < -0.4 is 20.7 Å². The zero-order valence-corrected chi connectivity index (χ0v) is 19.5. The summed E-state index contributed by atoms with van der Waals surface area (Å²) in [6.45, 7) is 2.17. The van der Waals surface area contributed by atoms with E-state index < -0.39 is 18.2 Å². The molecule has 0 aliphatic heterocycles. The SMILES string of the molecule is CCCC(CC#N)OC(=O)NCc1cccc(NC(=O)Nc2ccc(-c3cnco3)c(OC)c2)c1. The summed E-state index contributed by atoms with van der Waals surface area (Å²) >= 11 is 0. The Labute approximate surface area is 203 Å². The Balaban J connectivity index is 1.55. The van der Waals surface area contributed by atoms with Crippen molar-refractivity contribution >= 4 is 23.5 Å². The standard InChI is InChI=1S/C25H27N5O5/c1-3-5-20(10-11-26)35-25(32)28-14-17-6-4-7-18(12-17)29-24(31)30-19-8-9-21(22(13-19)33-2)23-15-27-16-34-23/h4,6-9,12-13,15-16,20H,3,5,10,14H2,1-2H3,(H,28,32)(H2,29,30,31). The van der Waals surface area contributed by atoms with Crippen LogP contribution in [0.25, 0.3) is 11.3 Å². The van der Waals surface area contributed by atoms with E-state index in [9.17, 15) is 9.59 Å². The summed E-state index contributed by atoms with van der Waals surface area (Å²) in [4.78, 5) is 28.5. The Hall–Kier alpha value is -4.52. The number of benzene rings is 2. The van der Waals surface area contributed by atoms with Gasteiger partial charge in [0.15, 0.2) is 12.2 Å². The number of nitrogens with zero attached hydrogens (tertiary/aromatic N) is 2. The van der Waals surface area contributed by atoms with Crippen LogP contribution in [0.5, 0.6) is 5.75 Å². The average molecular weight is 478 g/mol. The van der Waals surface area contributed by atoms with E-state index in [0.29, 0.717) is 34.9 Å². The minimum absolute atomic E-state index is 0.157. The molecule has 0 bridgehead atoms. The number of alkyl carbamates (subject to hydrolysis) is 1. The maximum atomic E-state index is 12.5. The number of carbonyl (C=O) groups is 2. The van der Waals surface area contributed by atoms with Crippen molar-refractivity contribution in [2.24, 2.45) is 0 Å². The Morgan fingerprint density at radius 1 is 1.17 bits per heavy atom. The number of aromatic nitrogens is 1. The second-order valence-electron chi connectivity index (χ2n) is 7.59. The van der Waals surface area contributed by atoms with E-state index >= 15 is 0 Å². The summed E-state index contributed by atoms with van der Waals surface area (Å²) in [5.74, 6) is 1.08. The van der Waals surface area contributed by atoms with Crippen molar-refractivity contribution in [3.8, 4) is 23.1 Å². The molecule has 10 nitrogen and oxygen atoms in total. The molecule has 0 radical (unpaired) electrons. The number of ether oxygens (including phenoxy) is 2. The smallest absolute Gasteiger partial charge is 0.407 e. The lowest BCUT2D eigenvalue weighted by Crippen LogP contribution is -2.28. The number of urea groups is 1. The fourth-order valence-electron chi connectivity index (χ4n) is 3.37. The largest absolute Gasteiger partial charge is 0.496 e. The Kier molecular flexibility index (Phi) is 9.07. The molecule has 3 rings (SSSR count). The van der Waals surface area contributed by atoms with Gasteiger partial charge < -0.3 is 29.8 Å². The van der Waals surface area contributed by atoms with Gasteiger partial charge in [0.05, 0.1) is 31.4 Å². The highest BCUT2D eigenvalue weighted by atomic mass is 16.6. The fraction of sp³-hybridized carbons (Fsp3) is 0.280. The minimum atomic E-state index is -0.586. The molecule has 1 atom stereocenters. The first-order valence-corrected chi connectivity index (χ1v) is 11.1. The van der Waals surface area contributed by atoms with Crippen LogP contribution in [0, 0.1) is 11.3 Å². The van der Waals surface area contributed by atoms with Crippen molar-refractivity contribution in [2.75, 3.05) is 17.7 Å². The Morgan fingerprint density at radius 3 is 2.66 bits per heavy atom. The molecule has 1 heterocycles. The van der Waals surface area contributed by atoms with E-state index in [1.165, 1.54) is 13.5 Å². The fourth-order valence-corrected chi connectivity index (χ4v) is 3.37. The van der Waals surface area contributed by atoms with Crippen LogP contribution in [0.1, 0.15) is 31.7 Å². The maximum Gasteiger partial charge on any atom is 0.407 e. The highest BCUT2D eigenvalue weighted by Crippen LogP contribution is 2.32. The Morgan fingerprint density at radius 2 is 1.97 bits per heavy atom. The number of methoxy groups -OCH3 is 1. The highest BCUT2D eigenvalue weighted by Gasteiger charge is 2.14. The Bertz CT molecular complexity index is 1170. The van der Waals surface area contributed by atoms with Gasteiger partial charge in [0, 0.05) is 24.0 Å². The number of nitrogens with one attached hydrogen (secondary N) is 3. The molecule has 0 aliphatic carbocycles. The zero-order valence-electron chi connectivity index (χ0n) is 19.5. The van der Waals surface area contributed by atoms with Gasteiger partial charge in [-0.1, -0.05) is 25.5 Å². The van der Waals surface area contributed by atoms with Gasteiger partial charge in [-0.15, -0.1) is 0 Å². The van der Waals surface area contributed by atoms with Gasteiger partial charge in [-0.3, -0.25) is 0 Å². The third-order valence-corrected chi connectivity index (χ3v) is 4.98. The molecule has 3 amide bonds. The van der Waals surface area contributed by atoms with Gasteiger partial charge in [-0.25, -0.2) is 14.6 Å². The minimum Gasteiger partial charge on any atom is -0.496 e. The van der Waals surface area contributed by atoms with Crippen molar-refractivity contribution in [1.29, 1.82) is 5.26 Å². The van der Waals surface area contributed by atoms with Crippen molar-refractivity contribution in [2.45, 2.75) is 38.8 Å². The molecular weight excluding hydrogens is 450 g/mol. The number of nitriles is 1. The van der Waals surface area contributed by atoms with Crippen LogP contribution in [0.2, 0.25) is 0 Å². The summed E-state index contributed by atoms with van der Waals surface area (Å²) in [5.41, 5.74) is 2.56. The maximum absolute atomic E-state index is 12.5. The molecule has 2 aromatic carbocycles. The summed E-state index contributed by atoms with van der Waals surface area (Å²) < 4.78 is 16.0. The molecule has 0 fully saturated rings. The number of amides is 3. The lowest BCUT2D eigenvalue weighted by Gasteiger charge is -2.15. The van der Waals surface area contributed by atoms with Gasteiger partial charge >= 0.3 is 12.1 Å². The molecule has 10 heteroatoms. The van der Waals surface area contributed by atoms with Crippen molar-refractivity contribution in [3.05, 3.63) is 60.6 Å². The predicted molar refractivity (Wildman–Crippen MR) is 130 cm³/mol. The van der Waals surface area contributed by atoms with E-state index in [4.69, 9.17) is 19.2 Å². The van der Waals surface area contributed by atoms with E-state index in [-0.39, 0.29) is 13.0 Å². The summed E-state index contributed by atoms with van der Waals surface area (Å²) in [6, 6.07) is 13.8. The predicted octanol–water partition coefficient (Wildman–Crippen LogP) is 5.30. The molecule has 3 aromatic rings. The third-order valence-electron chi connectivity index (χ3n) is 4.98. The van der Waals surface area contributed by atoms with Crippen LogP contribution in [0.3, 0.4) is 0 Å². The molecule has 3 N–H and O–H groups in total. The topological polar surface area (TPSA) is 139 Å². The molecule has 0 spiro atoms. The first-order chi connectivity index (χ1) is 17.0. The number of hydrogen-bond donors (Lipinski definition) is 3. The van der Waals surface area contributed by atoms with Crippen LogP contribution in [0.15, 0.2) is 59.5 Å². The van der Waals surface area contributed by atoms with Crippen LogP contribution >= 0.6 is 0 Å². The van der Waals surface area contributed by atoms with E-state index in [0.717, 1.165) is 12.0 Å². The van der Waals surface area contributed by atoms with Crippen LogP contribution in [-0.2, 0) is 11.3 Å². The molecule has 182 valence electrons. The normalized spacial score (nSPS) is 11.1. The average Bonchev–Trinajstić information content (AvgIpc) is 3.38. The van der Waals surface area contributed by atoms with E-state index in [1.54, 1.807) is 42.6 Å². The number of oxazole rings is 1. The monoisotopic (exact) mass is 477 g/mol. The van der Waals surface area contributed by atoms with E-state index in [1.807, 2.05) is 19.1 Å². The second-order valence-corrected chi connectivity index (χ2v) is 7.59. The van der Waals surface area contributed by atoms with Gasteiger partial charge in [-0.2, -0.15) is 5.26 Å². The van der Waals surface area contributed by atoms with E-state index in [2.05, 4.69) is 20.9 Å². The van der Waals surface area contributed by atoms with Gasteiger partial charge in [0.2, 0.25) is 0 Å². The van der Waals surface area contributed by atoms with Crippen LogP contribution in [-0.4, -0.2) is 30.3 Å². The van der Waals surface area contributed by atoms with Crippen molar-refractivity contribution in [3.63, 3.8) is 0 Å². The quantitative estimate of drug-likeness (QED) is 0.360. The molecule has 0 saturated carbocycles. The van der Waals surface area contributed by atoms with Crippen molar-refractivity contribution < 1.29 is 23.5 Å². The number of rotatable bonds is 10. The molecule has 1 aromatic heterocycles. The highest BCUT2D eigenvalue weighted by molar-refractivity contribution is 6.00. The molecular formula is C25H27N5O5. The molecule has 1 unspecified atom stereocenters.